The number of hydrogen-bond donors (Lipinski definition) is 2. The van der Waals surface area contributed by atoms with Crippen LogP contribution in [0.1, 0.15) is 40.0 Å². The van der Waals surface area contributed by atoms with Crippen molar-refractivity contribution in [1.29, 1.82) is 0 Å². The van der Waals surface area contributed by atoms with Gasteiger partial charge in [0.25, 0.3) is 15.9 Å². The third kappa shape index (κ3) is 5.44. The molecule has 0 aliphatic rings. The summed E-state index contributed by atoms with van der Waals surface area (Å²) in [7, 11) is -2.30. The Morgan fingerprint density at radius 3 is 2.19 bits per heavy atom. The Balaban J connectivity index is 1.78. The molecule has 1 unspecified atom stereocenters. The van der Waals surface area contributed by atoms with Crippen molar-refractivity contribution in [2.75, 3.05) is 11.8 Å². The van der Waals surface area contributed by atoms with Crippen molar-refractivity contribution in [3.8, 4) is 5.75 Å². The third-order valence-electron chi connectivity index (χ3n) is 5.04. The Kier molecular flexibility index (Phi) is 6.65. The summed E-state index contributed by atoms with van der Waals surface area (Å²) in [6, 6.07) is 18.8. The highest BCUT2D eigenvalue weighted by molar-refractivity contribution is 7.92. The number of carbonyl (C=O) groups excluding carboxylic acids is 1. The van der Waals surface area contributed by atoms with E-state index in [4.69, 9.17) is 4.74 Å². The summed E-state index contributed by atoms with van der Waals surface area (Å²) in [6.45, 7) is 5.69. The third-order valence-corrected chi connectivity index (χ3v) is 6.42. The number of anilines is 1. The van der Waals surface area contributed by atoms with Crippen molar-refractivity contribution in [2.24, 2.45) is 0 Å². The first-order valence-electron chi connectivity index (χ1n) is 9.84. The number of sulfonamides is 1. The fourth-order valence-corrected chi connectivity index (χ4v) is 4.17. The number of ether oxygens (including phenoxy) is 1. The minimum absolute atomic E-state index is 0.107. The fourth-order valence-electron chi connectivity index (χ4n) is 3.05. The van der Waals surface area contributed by atoms with Crippen molar-refractivity contribution in [3.05, 3.63) is 89.0 Å². The van der Waals surface area contributed by atoms with Gasteiger partial charge in [0.15, 0.2) is 0 Å². The van der Waals surface area contributed by atoms with Gasteiger partial charge in [-0.25, -0.2) is 8.42 Å². The van der Waals surface area contributed by atoms with E-state index in [1.165, 1.54) is 19.2 Å². The molecule has 31 heavy (non-hydrogen) atoms. The molecule has 0 saturated heterocycles. The molecule has 0 radical (unpaired) electrons. The second-order valence-corrected chi connectivity index (χ2v) is 9.10. The molecule has 1 atom stereocenters. The van der Waals surface area contributed by atoms with Crippen molar-refractivity contribution in [3.63, 3.8) is 0 Å². The molecule has 0 heterocycles. The monoisotopic (exact) mass is 438 g/mol. The van der Waals surface area contributed by atoms with Crippen LogP contribution in [0, 0.1) is 13.8 Å². The predicted molar refractivity (Wildman–Crippen MR) is 122 cm³/mol. The molecule has 162 valence electrons. The summed E-state index contributed by atoms with van der Waals surface area (Å²) >= 11 is 0. The molecule has 0 spiro atoms. The van der Waals surface area contributed by atoms with Crippen molar-refractivity contribution in [2.45, 2.75) is 31.7 Å². The molecule has 0 aliphatic heterocycles. The summed E-state index contributed by atoms with van der Waals surface area (Å²) in [5.74, 6) is 0.287. The molecule has 7 heteroatoms. The van der Waals surface area contributed by atoms with Crippen LogP contribution in [0.25, 0.3) is 0 Å². The molecule has 0 aliphatic carbocycles. The van der Waals surface area contributed by atoms with Gasteiger partial charge >= 0.3 is 0 Å². The Hall–Kier alpha value is -3.32. The van der Waals surface area contributed by atoms with Crippen molar-refractivity contribution < 1.29 is 17.9 Å². The number of methoxy groups -OCH3 is 1. The smallest absolute Gasteiger partial charge is 0.261 e. The van der Waals surface area contributed by atoms with Crippen LogP contribution in [0.3, 0.4) is 0 Å². The first-order valence-corrected chi connectivity index (χ1v) is 11.3. The van der Waals surface area contributed by atoms with E-state index in [0.29, 0.717) is 22.6 Å². The number of amides is 1. The van der Waals surface area contributed by atoms with Gasteiger partial charge in [-0.05, 0) is 68.3 Å². The van der Waals surface area contributed by atoms with Crippen LogP contribution in [0.15, 0.2) is 71.6 Å². The second-order valence-electron chi connectivity index (χ2n) is 7.42. The average molecular weight is 439 g/mol. The Labute approximate surface area is 183 Å². The van der Waals surface area contributed by atoms with Crippen molar-refractivity contribution in [1.82, 2.24) is 5.32 Å². The molecule has 0 saturated carbocycles. The molecule has 1 amide bonds. The highest BCUT2D eigenvalue weighted by atomic mass is 32.2. The lowest BCUT2D eigenvalue weighted by atomic mass is 10.1. The lowest BCUT2D eigenvalue weighted by molar-refractivity contribution is 0.0940. The highest BCUT2D eigenvalue weighted by Crippen LogP contribution is 2.23. The number of aryl methyl sites for hydroxylation is 2. The highest BCUT2D eigenvalue weighted by Gasteiger charge is 2.18. The lowest BCUT2D eigenvalue weighted by Gasteiger charge is -2.16. The average Bonchev–Trinajstić information content (AvgIpc) is 2.75. The van der Waals surface area contributed by atoms with E-state index >= 15 is 0 Å². The van der Waals surface area contributed by atoms with E-state index in [-0.39, 0.29) is 16.8 Å². The topological polar surface area (TPSA) is 84.5 Å². The number of nitrogens with one attached hydrogen (secondary N) is 2. The van der Waals surface area contributed by atoms with Crippen LogP contribution in [0.4, 0.5) is 5.69 Å². The van der Waals surface area contributed by atoms with Gasteiger partial charge in [0, 0.05) is 5.56 Å². The standard InChI is InChI=1S/C24H26N2O4S/c1-16-5-8-19(9-6-16)18(3)25-24(27)20-10-7-17(2)23(15-20)26-31(28,29)22-13-11-21(30-4)12-14-22/h5-15,18,26H,1-4H3,(H,25,27). The molecule has 3 rings (SSSR count). The van der Waals surface area contributed by atoms with Crippen LogP contribution in [-0.2, 0) is 10.0 Å². The molecule has 0 aromatic heterocycles. The molecule has 0 bridgehead atoms. The van der Waals surface area contributed by atoms with Crippen LogP contribution in [0.2, 0.25) is 0 Å². The predicted octanol–water partition coefficient (Wildman–Crippen LogP) is 4.60. The zero-order valence-corrected chi connectivity index (χ0v) is 18.8. The maximum atomic E-state index is 12.8. The van der Waals surface area contributed by atoms with E-state index < -0.39 is 10.0 Å². The zero-order valence-electron chi connectivity index (χ0n) is 18.0. The number of benzene rings is 3. The van der Waals surface area contributed by atoms with Crippen LogP contribution in [0.5, 0.6) is 5.75 Å². The van der Waals surface area contributed by atoms with Crippen LogP contribution in [-0.4, -0.2) is 21.4 Å². The van der Waals surface area contributed by atoms with E-state index in [0.717, 1.165) is 11.1 Å². The SMILES string of the molecule is COc1ccc(S(=O)(=O)Nc2cc(C(=O)NC(C)c3ccc(C)cc3)ccc2C)cc1. The Morgan fingerprint density at radius 1 is 0.935 bits per heavy atom. The molecule has 3 aromatic rings. The summed E-state index contributed by atoms with van der Waals surface area (Å²) in [5, 5.41) is 2.96. The maximum absolute atomic E-state index is 12.8. The zero-order chi connectivity index (χ0) is 22.6. The molecule has 3 aromatic carbocycles. The van der Waals surface area contributed by atoms with E-state index in [2.05, 4.69) is 10.0 Å². The first-order chi connectivity index (χ1) is 14.7. The number of rotatable bonds is 7. The summed E-state index contributed by atoms with van der Waals surface area (Å²) < 4.78 is 33.2. The van der Waals surface area contributed by atoms with Gasteiger partial charge in [-0.3, -0.25) is 9.52 Å². The van der Waals surface area contributed by atoms with E-state index in [1.54, 1.807) is 37.3 Å². The summed E-state index contributed by atoms with van der Waals surface area (Å²) in [5.41, 5.74) is 3.57. The first kappa shape index (κ1) is 22.4. The van der Waals surface area contributed by atoms with Gasteiger partial charge < -0.3 is 10.1 Å². The van der Waals surface area contributed by atoms with Crippen molar-refractivity contribution >= 4 is 21.6 Å². The van der Waals surface area contributed by atoms with Gasteiger partial charge in [0.1, 0.15) is 5.75 Å². The van der Waals surface area contributed by atoms with E-state index in [1.807, 2.05) is 38.1 Å². The van der Waals surface area contributed by atoms with Gasteiger partial charge in [-0.2, -0.15) is 0 Å². The largest absolute Gasteiger partial charge is 0.497 e. The lowest BCUT2D eigenvalue weighted by Crippen LogP contribution is -2.26. The normalized spacial score (nSPS) is 12.1. The second kappa shape index (κ2) is 9.22. The number of carbonyl (C=O) groups is 1. The van der Waals surface area contributed by atoms with Gasteiger partial charge in [-0.1, -0.05) is 35.9 Å². The quantitative estimate of drug-likeness (QED) is 0.564. The minimum atomic E-state index is -3.81. The molecule has 2 N–H and O–H groups in total. The minimum Gasteiger partial charge on any atom is -0.497 e. The van der Waals surface area contributed by atoms with Crippen LogP contribution >= 0.6 is 0 Å². The van der Waals surface area contributed by atoms with E-state index in [9.17, 15) is 13.2 Å². The molecule has 0 fully saturated rings. The Morgan fingerprint density at radius 2 is 1.58 bits per heavy atom. The van der Waals surface area contributed by atoms with Crippen LogP contribution < -0.4 is 14.8 Å². The maximum Gasteiger partial charge on any atom is 0.261 e. The van der Waals surface area contributed by atoms with Gasteiger partial charge in [0.2, 0.25) is 0 Å². The molecular weight excluding hydrogens is 412 g/mol. The van der Waals surface area contributed by atoms with Gasteiger partial charge in [0.05, 0.1) is 23.7 Å². The summed E-state index contributed by atoms with van der Waals surface area (Å²) in [6.07, 6.45) is 0. The molecule has 6 nitrogen and oxygen atoms in total. The number of hydrogen-bond acceptors (Lipinski definition) is 4. The summed E-state index contributed by atoms with van der Waals surface area (Å²) in [4.78, 5) is 12.9. The Bertz CT molecular complexity index is 1170. The van der Waals surface area contributed by atoms with Gasteiger partial charge in [-0.15, -0.1) is 0 Å². The fraction of sp³-hybridized carbons (Fsp3) is 0.208. The molecular formula is C24H26N2O4S.